The van der Waals surface area contributed by atoms with E-state index in [0.29, 0.717) is 0 Å². The summed E-state index contributed by atoms with van der Waals surface area (Å²) in [7, 11) is 4.47. The van der Waals surface area contributed by atoms with Crippen LogP contribution in [0.25, 0.3) is 0 Å². The Kier molecular flexibility index (Phi) is 21.3. The molecule has 0 aliphatic rings. The van der Waals surface area contributed by atoms with Crippen LogP contribution in [0.5, 0.6) is 0 Å². The second-order valence-corrected chi connectivity index (χ2v) is 11.9. The third-order valence-corrected chi connectivity index (χ3v) is 7.23. The molecule has 1 atom stereocenters. The molecule has 0 heterocycles. The zero-order chi connectivity index (χ0) is 25.5. The summed E-state index contributed by atoms with van der Waals surface area (Å²) in [6.07, 6.45) is 26.6. The van der Waals surface area contributed by atoms with E-state index in [9.17, 15) is 15.0 Å². The van der Waals surface area contributed by atoms with Gasteiger partial charge in [-0.15, -0.1) is 0 Å². The molecular weight excluding hydrogens is 422 g/mol. The van der Waals surface area contributed by atoms with Gasteiger partial charge in [-0.05, 0) is 39.0 Å². The molecule has 204 valence electrons. The first-order valence-electron chi connectivity index (χ1n) is 14.9. The van der Waals surface area contributed by atoms with Crippen LogP contribution < -0.4 is 5.11 Å². The van der Waals surface area contributed by atoms with Crippen LogP contribution in [-0.2, 0) is 4.79 Å². The monoisotopic (exact) mass is 483 g/mol. The van der Waals surface area contributed by atoms with Crippen molar-refractivity contribution >= 4 is 5.97 Å². The lowest BCUT2D eigenvalue weighted by molar-refractivity contribution is -0.896. The van der Waals surface area contributed by atoms with E-state index in [-0.39, 0.29) is 6.42 Å². The molecule has 1 unspecified atom stereocenters. The fourth-order valence-corrected chi connectivity index (χ4v) is 5.30. The summed E-state index contributed by atoms with van der Waals surface area (Å²) in [6.45, 7) is 6.21. The highest BCUT2D eigenvalue weighted by molar-refractivity contribution is 5.64. The van der Waals surface area contributed by atoms with Crippen LogP contribution in [0.3, 0.4) is 0 Å². The van der Waals surface area contributed by atoms with E-state index in [0.717, 1.165) is 49.7 Å². The molecule has 0 saturated carbocycles. The molecule has 0 radical (unpaired) electrons. The van der Waals surface area contributed by atoms with E-state index in [2.05, 4.69) is 21.0 Å². The number of carbonyl (C=O) groups excluding carboxylic acids is 1. The van der Waals surface area contributed by atoms with E-state index in [1.165, 1.54) is 103 Å². The fraction of sp³-hybridized carbons (Fsp3) is 0.967. The third kappa shape index (κ3) is 24.5. The molecule has 0 fully saturated rings. The minimum absolute atomic E-state index is 0.193. The summed E-state index contributed by atoms with van der Waals surface area (Å²) in [5.74, 6) is -0.930. The van der Waals surface area contributed by atoms with Crippen LogP contribution in [0.1, 0.15) is 155 Å². The van der Waals surface area contributed by atoms with Gasteiger partial charge < -0.3 is 19.5 Å². The van der Waals surface area contributed by atoms with Gasteiger partial charge in [0.1, 0.15) is 12.1 Å². The summed E-state index contributed by atoms with van der Waals surface area (Å²) in [4.78, 5) is 10.4. The van der Waals surface area contributed by atoms with Gasteiger partial charge >= 0.3 is 0 Å². The molecule has 0 amide bonds. The maximum Gasteiger partial charge on any atom is 0.111 e. The van der Waals surface area contributed by atoms with Gasteiger partial charge in [0.25, 0.3) is 0 Å². The van der Waals surface area contributed by atoms with Crippen LogP contribution in [0.2, 0.25) is 0 Å². The molecule has 0 aliphatic carbocycles. The maximum atomic E-state index is 10.9. The number of carboxylic acids is 1. The lowest BCUT2D eigenvalue weighted by Gasteiger charge is -2.36. The molecule has 0 aliphatic heterocycles. The van der Waals surface area contributed by atoms with Crippen molar-refractivity contribution in [3.63, 3.8) is 0 Å². The molecular formula is C30H61NO3. The van der Waals surface area contributed by atoms with Gasteiger partial charge in [-0.1, -0.05) is 116 Å². The minimum atomic E-state index is -0.930. The van der Waals surface area contributed by atoms with E-state index in [4.69, 9.17) is 0 Å². The summed E-state index contributed by atoms with van der Waals surface area (Å²) in [6, 6.07) is 0. The lowest BCUT2D eigenvalue weighted by Crippen LogP contribution is -2.50. The maximum absolute atomic E-state index is 10.9. The van der Waals surface area contributed by atoms with Gasteiger partial charge in [-0.25, -0.2) is 0 Å². The Morgan fingerprint density at radius 2 is 1.06 bits per heavy atom. The number of unbranched alkanes of at least 4 members (excludes halogenated alkanes) is 18. The molecule has 0 aromatic carbocycles. The van der Waals surface area contributed by atoms with Crippen molar-refractivity contribution in [1.29, 1.82) is 0 Å². The van der Waals surface area contributed by atoms with E-state index >= 15 is 0 Å². The van der Waals surface area contributed by atoms with Gasteiger partial charge in [0.15, 0.2) is 0 Å². The van der Waals surface area contributed by atoms with Gasteiger partial charge in [-0.2, -0.15) is 0 Å². The number of aliphatic carboxylic acids is 1. The zero-order valence-electron chi connectivity index (χ0n) is 23.7. The van der Waals surface area contributed by atoms with Crippen LogP contribution in [-0.4, -0.2) is 48.3 Å². The minimum Gasteiger partial charge on any atom is -0.550 e. The number of carboxylic acid groups (broad SMARTS) is 1. The number of carbonyl (C=O) groups is 1. The lowest BCUT2D eigenvalue weighted by atomic mass is 9.96. The van der Waals surface area contributed by atoms with Gasteiger partial charge in [0.2, 0.25) is 0 Å². The van der Waals surface area contributed by atoms with Crippen molar-refractivity contribution in [2.75, 3.05) is 27.2 Å². The van der Waals surface area contributed by atoms with Crippen molar-refractivity contribution in [2.45, 2.75) is 161 Å². The smallest absolute Gasteiger partial charge is 0.111 e. The largest absolute Gasteiger partial charge is 0.550 e. The highest BCUT2D eigenvalue weighted by Crippen LogP contribution is 2.21. The fourth-order valence-electron chi connectivity index (χ4n) is 5.30. The van der Waals surface area contributed by atoms with Crippen LogP contribution >= 0.6 is 0 Å². The Balaban J connectivity index is 3.61. The quantitative estimate of drug-likeness (QED) is 0.105. The Morgan fingerprint density at radius 1 is 0.676 bits per heavy atom. The molecule has 0 spiro atoms. The van der Waals surface area contributed by atoms with Crippen molar-refractivity contribution in [2.24, 2.45) is 0 Å². The van der Waals surface area contributed by atoms with Crippen molar-refractivity contribution < 1.29 is 19.5 Å². The number of aliphatic hydroxyl groups is 1. The molecule has 0 rings (SSSR count). The van der Waals surface area contributed by atoms with Gasteiger partial charge in [-0.3, -0.25) is 0 Å². The van der Waals surface area contributed by atoms with E-state index in [1.807, 2.05) is 6.92 Å². The van der Waals surface area contributed by atoms with Crippen LogP contribution in [0.15, 0.2) is 0 Å². The SMILES string of the molecule is CCCCCCCCCCCCCCCCC(C)(O)C[N+](C)(C)CCCCCCCCC(=O)[O-]. The van der Waals surface area contributed by atoms with Crippen molar-refractivity contribution in [3.05, 3.63) is 0 Å². The zero-order valence-corrected chi connectivity index (χ0v) is 23.7. The molecule has 4 nitrogen and oxygen atoms in total. The van der Waals surface area contributed by atoms with E-state index in [1.54, 1.807) is 0 Å². The Morgan fingerprint density at radius 3 is 1.50 bits per heavy atom. The predicted molar refractivity (Wildman–Crippen MR) is 145 cm³/mol. The second kappa shape index (κ2) is 21.7. The number of hydrogen-bond donors (Lipinski definition) is 1. The first-order valence-corrected chi connectivity index (χ1v) is 14.9. The van der Waals surface area contributed by atoms with Crippen molar-refractivity contribution in [1.82, 2.24) is 0 Å². The molecule has 0 aromatic rings. The standard InChI is InChI=1S/C30H61NO3/c1-5-6-7-8-9-10-11-12-13-14-15-17-20-23-26-30(2,34)28-31(3,4)27-24-21-18-16-19-22-25-29(32)33/h34H,5-28H2,1-4H3. The number of nitrogens with zero attached hydrogens (tertiary/aromatic N) is 1. The average Bonchev–Trinajstić information content (AvgIpc) is 2.74. The second-order valence-electron chi connectivity index (χ2n) is 11.9. The van der Waals surface area contributed by atoms with Gasteiger partial charge in [0.05, 0.1) is 20.6 Å². The summed E-state index contributed by atoms with van der Waals surface area (Å²) in [5, 5.41) is 21.3. The summed E-state index contributed by atoms with van der Waals surface area (Å²) >= 11 is 0. The normalized spacial score (nSPS) is 13.8. The first kappa shape index (κ1) is 33.4. The van der Waals surface area contributed by atoms with E-state index < -0.39 is 11.6 Å². The van der Waals surface area contributed by atoms with Crippen LogP contribution in [0, 0.1) is 0 Å². The first-order chi connectivity index (χ1) is 16.2. The molecule has 34 heavy (non-hydrogen) atoms. The molecule has 0 saturated heterocycles. The topological polar surface area (TPSA) is 60.4 Å². The number of likely N-dealkylation sites (N-methyl/N-ethyl adjacent to an activating group) is 1. The highest BCUT2D eigenvalue weighted by Gasteiger charge is 2.29. The summed E-state index contributed by atoms with van der Waals surface area (Å²) < 4.78 is 0.871. The average molecular weight is 484 g/mol. The number of hydrogen-bond acceptors (Lipinski definition) is 3. The highest BCUT2D eigenvalue weighted by atomic mass is 16.4. The molecule has 1 N–H and O–H groups in total. The molecule has 0 bridgehead atoms. The van der Waals surface area contributed by atoms with Gasteiger partial charge in [0, 0.05) is 5.97 Å². The number of quaternary nitrogens is 1. The van der Waals surface area contributed by atoms with Crippen LogP contribution in [0.4, 0.5) is 0 Å². The predicted octanol–water partition coefficient (Wildman–Crippen LogP) is 7.17. The Bertz CT molecular complexity index is 462. The number of rotatable bonds is 26. The Hall–Kier alpha value is -0.610. The molecule has 4 heteroatoms. The third-order valence-electron chi connectivity index (χ3n) is 7.23. The van der Waals surface area contributed by atoms with Crippen molar-refractivity contribution in [3.8, 4) is 0 Å². The summed E-state index contributed by atoms with van der Waals surface area (Å²) in [5.41, 5.74) is -0.578. The Labute approximate surface area is 213 Å². The molecule has 0 aromatic heterocycles.